The van der Waals surface area contributed by atoms with Gasteiger partial charge in [0.25, 0.3) is 0 Å². The Morgan fingerprint density at radius 1 is 1.11 bits per heavy atom. The van der Waals surface area contributed by atoms with Crippen LogP contribution in [0.1, 0.15) is 25.7 Å². The topological polar surface area (TPSA) is 64.7 Å². The lowest BCUT2D eigenvalue weighted by Gasteiger charge is -2.37. The minimum absolute atomic E-state index is 0.154. The van der Waals surface area contributed by atoms with Gasteiger partial charge in [-0.15, -0.1) is 0 Å². The second-order valence-electron chi connectivity index (χ2n) is 7.52. The van der Waals surface area contributed by atoms with Crippen LogP contribution in [0.2, 0.25) is 0 Å². The first-order chi connectivity index (χ1) is 13.1. The third-order valence-electron chi connectivity index (χ3n) is 5.59. The number of nitrogens with zero attached hydrogens (tertiary/aromatic N) is 2. The third-order valence-corrected chi connectivity index (χ3v) is 5.59. The number of anilines is 1. The second kappa shape index (κ2) is 9.17. The number of nitrogens with one attached hydrogen (secondary N) is 2. The standard InChI is InChI=1S/C20H29FN4O2/c1-22-13-15-8-11-24(12-9-15)19(26)16-5-4-10-25(14-16)20(27)23-18-7-3-2-6-17(18)21/h2-3,6-7,15-16,22H,4-5,8-14H2,1H3,(H,23,27). The average Bonchev–Trinajstić information content (AvgIpc) is 2.70. The number of hydrogen-bond acceptors (Lipinski definition) is 3. The molecule has 2 aliphatic rings. The van der Waals surface area contributed by atoms with Gasteiger partial charge in [0.1, 0.15) is 5.82 Å². The van der Waals surface area contributed by atoms with Crippen LogP contribution in [0.15, 0.2) is 24.3 Å². The molecule has 0 radical (unpaired) electrons. The van der Waals surface area contributed by atoms with Crippen molar-refractivity contribution in [1.82, 2.24) is 15.1 Å². The number of urea groups is 1. The maximum atomic E-state index is 13.8. The Balaban J connectivity index is 1.53. The molecule has 2 N–H and O–H groups in total. The smallest absolute Gasteiger partial charge is 0.321 e. The van der Waals surface area contributed by atoms with Crippen LogP contribution in [-0.4, -0.2) is 61.5 Å². The first-order valence-electron chi connectivity index (χ1n) is 9.82. The summed E-state index contributed by atoms with van der Waals surface area (Å²) in [6.45, 7) is 3.57. The van der Waals surface area contributed by atoms with Crippen molar-refractivity contribution in [3.63, 3.8) is 0 Å². The number of likely N-dealkylation sites (tertiary alicyclic amines) is 2. The highest BCUT2D eigenvalue weighted by Crippen LogP contribution is 2.24. The quantitative estimate of drug-likeness (QED) is 0.849. The Bertz CT molecular complexity index is 661. The van der Waals surface area contributed by atoms with Crippen molar-refractivity contribution in [2.24, 2.45) is 11.8 Å². The van der Waals surface area contributed by atoms with E-state index in [0.29, 0.717) is 19.0 Å². The number of para-hydroxylation sites is 1. The van der Waals surface area contributed by atoms with Crippen LogP contribution in [0.4, 0.5) is 14.9 Å². The summed E-state index contributed by atoms with van der Waals surface area (Å²) in [5.74, 6) is 0.167. The Morgan fingerprint density at radius 2 is 1.85 bits per heavy atom. The summed E-state index contributed by atoms with van der Waals surface area (Å²) in [7, 11) is 1.96. The number of amides is 3. The fourth-order valence-electron chi connectivity index (χ4n) is 4.02. The third kappa shape index (κ3) is 4.97. The summed E-state index contributed by atoms with van der Waals surface area (Å²) in [5, 5.41) is 5.82. The van der Waals surface area contributed by atoms with E-state index >= 15 is 0 Å². The highest BCUT2D eigenvalue weighted by molar-refractivity contribution is 5.90. The van der Waals surface area contributed by atoms with Crippen LogP contribution >= 0.6 is 0 Å². The van der Waals surface area contributed by atoms with E-state index in [9.17, 15) is 14.0 Å². The summed E-state index contributed by atoms with van der Waals surface area (Å²) in [5.41, 5.74) is 0.169. The first kappa shape index (κ1) is 19.6. The van der Waals surface area contributed by atoms with E-state index in [0.717, 1.165) is 45.3 Å². The molecule has 2 aliphatic heterocycles. The number of rotatable bonds is 4. The fraction of sp³-hybridized carbons (Fsp3) is 0.600. The number of carbonyl (C=O) groups excluding carboxylic acids is 2. The summed E-state index contributed by atoms with van der Waals surface area (Å²) in [4.78, 5) is 29.0. The molecule has 148 valence electrons. The first-order valence-corrected chi connectivity index (χ1v) is 9.82. The molecule has 0 aliphatic carbocycles. The Labute approximate surface area is 160 Å². The molecule has 1 aromatic rings. The van der Waals surface area contributed by atoms with Crippen molar-refractivity contribution in [2.75, 3.05) is 45.1 Å². The van der Waals surface area contributed by atoms with Gasteiger partial charge < -0.3 is 20.4 Å². The normalized spacial score (nSPS) is 21.2. The van der Waals surface area contributed by atoms with E-state index < -0.39 is 5.82 Å². The van der Waals surface area contributed by atoms with Gasteiger partial charge in [-0.25, -0.2) is 9.18 Å². The number of hydrogen-bond donors (Lipinski definition) is 2. The van der Waals surface area contributed by atoms with Crippen molar-refractivity contribution in [3.05, 3.63) is 30.1 Å². The molecule has 6 nitrogen and oxygen atoms in total. The van der Waals surface area contributed by atoms with Crippen molar-refractivity contribution in [3.8, 4) is 0 Å². The Kier molecular flexibility index (Phi) is 6.66. The van der Waals surface area contributed by atoms with Gasteiger partial charge in [0, 0.05) is 26.2 Å². The molecule has 3 rings (SSSR count). The van der Waals surface area contributed by atoms with Crippen LogP contribution in [-0.2, 0) is 4.79 Å². The van der Waals surface area contributed by atoms with E-state index in [-0.39, 0.29) is 23.5 Å². The average molecular weight is 376 g/mol. The lowest BCUT2D eigenvalue weighted by atomic mass is 9.93. The minimum atomic E-state index is -0.458. The molecular weight excluding hydrogens is 347 g/mol. The van der Waals surface area contributed by atoms with Crippen LogP contribution in [0, 0.1) is 17.7 Å². The van der Waals surface area contributed by atoms with Crippen LogP contribution in [0.25, 0.3) is 0 Å². The lowest BCUT2D eigenvalue weighted by Crippen LogP contribution is -2.49. The SMILES string of the molecule is CNCC1CCN(C(=O)C2CCCN(C(=O)Nc3ccccc3F)C2)CC1. The molecule has 0 spiro atoms. The number of carbonyl (C=O) groups is 2. The predicted octanol–water partition coefficient (Wildman–Crippen LogP) is 2.53. The summed E-state index contributed by atoms with van der Waals surface area (Å²) < 4.78 is 13.8. The molecular formula is C20H29FN4O2. The Morgan fingerprint density at radius 3 is 2.56 bits per heavy atom. The van der Waals surface area contributed by atoms with Crippen molar-refractivity contribution < 1.29 is 14.0 Å². The van der Waals surface area contributed by atoms with Gasteiger partial charge in [-0.2, -0.15) is 0 Å². The molecule has 3 amide bonds. The monoisotopic (exact) mass is 376 g/mol. The lowest BCUT2D eigenvalue weighted by molar-refractivity contribution is -0.138. The van der Waals surface area contributed by atoms with Gasteiger partial charge in [-0.3, -0.25) is 4.79 Å². The minimum Gasteiger partial charge on any atom is -0.342 e. The molecule has 1 atom stereocenters. The zero-order valence-corrected chi connectivity index (χ0v) is 15.9. The number of benzene rings is 1. The molecule has 2 saturated heterocycles. The Hall–Kier alpha value is -2.15. The molecule has 0 saturated carbocycles. The zero-order chi connectivity index (χ0) is 19.2. The van der Waals surface area contributed by atoms with Crippen LogP contribution in [0.3, 0.4) is 0 Å². The molecule has 0 aromatic heterocycles. The van der Waals surface area contributed by atoms with Crippen LogP contribution in [0.5, 0.6) is 0 Å². The molecule has 27 heavy (non-hydrogen) atoms. The summed E-state index contributed by atoms with van der Waals surface area (Å²) >= 11 is 0. The fourth-order valence-corrected chi connectivity index (χ4v) is 4.02. The number of halogens is 1. The summed E-state index contributed by atoms with van der Waals surface area (Å²) in [6, 6.07) is 5.77. The van der Waals surface area contributed by atoms with Crippen LogP contribution < -0.4 is 10.6 Å². The van der Waals surface area contributed by atoms with Gasteiger partial charge >= 0.3 is 6.03 Å². The second-order valence-corrected chi connectivity index (χ2v) is 7.52. The number of piperidine rings is 2. The maximum absolute atomic E-state index is 13.8. The largest absolute Gasteiger partial charge is 0.342 e. The van der Waals surface area contributed by atoms with Gasteiger partial charge in [-0.1, -0.05) is 12.1 Å². The van der Waals surface area contributed by atoms with E-state index in [1.54, 1.807) is 17.0 Å². The van der Waals surface area contributed by atoms with E-state index in [2.05, 4.69) is 10.6 Å². The molecule has 1 aromatic carbocycles. The highest BCUT2D eigenvalue weighted by Gasteiger charge is 2.33. The van der Waals surface area contributed by atoms with Crippen molar-refractivity contribution in [1.29, 1.82) is 0 Å². The highest BCUT2D eigenvalue weighted by atomic mass is 19.1. The predicted molar refractivity (Wildman–Crippen MR) is 103 cm³/mol. The van der Waals surface area contributed by atoms with E-state index in [1.807, 2.05) is 11.9 Å². The van der Waals surface area contributed by atoms with E-state index in [4.69, 9.17) is 0 Å². The van der Waals surface area contributed by atoms with Gasteiger partial charge in [0.15, 0.2) is 0 Å². The molecule has 2 heterocycles. The molecule has 2 fully saturated rings. The van der Waals surface area contributed by atoms with Gasteiger partial charge in [0.2, 0.25) is 5.91 Å². The summed E-state index contributed by atoms with van der Waals surface area (Å²) in [6.07, 6.45) is 3.64. The van der Waals surface area contributed by atoms with Crippen molar-refractivity contribution in [2.45, 2.75) is 25.7 Å². The molecule has 0 bridgehead atoms. The maximum Gasteiger partial charge on any atom is 0.321 e. The molecule has 1 unspecified atom stereocenters. The van der Waals surface area contributed by atoms with Crippen molar-refractivity contribution >= 4 is 17.6 Å². The van der Waals surface area contributed by atoms with Gasteiger partial charge in [0.05, 0.1) is 11.6 Å². The van der Waals surface area contributed by atoms with Gasteiger partial charge in [-0.05, 0) is 57.3 Å². The van der Waals surface area contributed by atoms with E-state index in [1.165, 1.54) is 12.1 Å². The zero-order valence-electron chi connectivity index (χ0n) is 15.9. The molecule has 7 heteroatoms.